The summed E-state index contributed by atoms with van der Waals surface area (Å²) in [5, 5.41) is 4.50. The van der Waals surface area contributed by atoms with E-state index in [0.29, 0.717) is 5.75 Å². The van der Waals surface area contributed by atoms with Crippen LogP contribution >= 0.6 is 15.9 Å². The van der Waals surface area contributed by atoms with Crippen LogP contribution < -0.4 is 10.1 Å². The third kappa shape index (κ3) is 4.46. The van der Waals surface area contributed by atoms with Gasteiger partial charge in [0.15, 0.2) is 6.61 Å². The first-order valence-corrected chi connectivity index (χ1v) is 7.03. The fraction of sp³-hybridized carbons (Fsp3) is 0.200. The number of carbonyl (C=O) groups is 2. The van der Waals surface area contributed by atoms with Gasteiger partial charge in [-0.25, -0.2) is 0 Å². The van der Waals surface area contributed by atoms with Crippen molar-refractivity contribution in [1.82, 2.24) is 5.32 Å². The van der Waals surface area contributed by atoms with Crippen LogP contribution in [0.3, 0.4) is 0 Å². The summed E-state index contributed by atoms with van der Waals surface area (Å²) in [4.78, 5) is 22.4. The molecule has 0 bridgehead atoms. The molecule has 21 heavy (non-hydrogen) atoms. The Hall–Kier alpha value is -2.08. The van der Waals surface area contributed by atoms with Crippen molar-refractivity contribution in [3.63, 3.8) is 0 Å². The van der Waals surface area contributed by atoms with Crippen molar-refractivity contribution in [2.24, 2.45) is 0 Å². The monoisotopic (exact) mass is 351 g/mol. The molecule has 0 aromatic heterocycles. The van der Waals surface area contributed by atoms with E-state index in [1.807, 2.05) is 30.3 Å². The molecular formula is C15H14BrNO4. The van der Waals surface area contributed by atoms with Gasteiger partial charge in [-0.3, -0.25) is 9.59 Å². The van der Waals surface area contributed by atoms with Crippen LogP contribution in [-0.2, 0) is 14.3 Å². The molecule has 1 N–H and O–H groups in total. The van der Waals surface area contributed by atoms with Crippen LogP contribution in [0.15, 0.2) is 40.9 Å². The summed E-state index contributed by atoms with van der Waals surface area (Å²) in [5.41, 5.74) is 0. The molecule has 0 saturated heterocycles. The fourth-order valence-electron chi connectivity index (χ4n) is 1.73. The number of rotatable bonds is 5. The van der Waals surface area contributed by atoms with Crippen LogP contribution in [0.1, 0.15) is 0 Å². The minimum atomic E-state index is -0.500. The Morgan fingerprint density at radius 1 is 1.14 bits per heavy atom. The van der Waals surface area contributed by atoms with Gasteiger partial charge in [0.25, 0.3) is 5.91 Å². The number of carbonyl (C=O) groups excluding carboxylic acids is 2. The molecule has 2 aromatic carbocycles. The predicted molar refractivity (Wildman–Crippen MR) is 82.2 cm³/mol. The van der Waals surface area contributed by atoms with Crippen molar-refractivity contribution in [3.05, 3.63) is 40.9 Å². The number of ether oxygens (including phenoxy) is 2. The molecule has 0 fully saturated rings. The molecule has 0 spiro atoms. The molecule has 0 radical (unpaired) electrons. The normalized spacial score (nSPS) is 10.2. The Morgan fingerprint density at radius 3 is 2.62 bits per heavy atom. The highest BCUT2D eigenvalue weighted by Crippen LogP contribution is 2.23. The van der Waals surface area contributed by atoms with E-state index in [2.05, 4.69) is 26.0 Å². The number of esters is 1. The number of hydrogen-bond donors (Lipinski definition) is 1. The molecule has 5 nitrogen and oxygen atoms in total. The van der Waals surface area contributed by atoms with Crippen LogP contribution in [0, 0.1) is 0 Å². The molecule has 110 valence electrons. The third-order valence-electron chi connectivity index (χ3n) is 2.80. The first-order valence-electron chi connectivity index (χ1n) is 6.24. The number of hydrogen-bond acceptors (Lipinski definition) is 4. The summed E-state index contributed by atoms with van der Waals surface area (Å²) < 4.78 is 10.8. The van der Waals surface area contributed by atoms with Gasteiger partial charge < -0.3 is 14.8 Å². The molecule has 0 aliphatic heterocycles. The highest BCUT2D eigenvalue weighted by Gasteiger charge is 2.06. The minimum Gasteiger partial charge on any atom is -0.484 e. The molecule has 0 unspecified atom stereocenters. The lowest BCUT2D eigenvalue weighted by Gasteiger charge is -2.08. The maximum atomic E-state index is 11.5. The van der Waals surface area contributed by atoms with Gasteiger partial charge in [0.2, 0.25) is 0 Å². The number of fused-ring (bicyclic) bond motifs is 1. The zero-order valence-electron chi connectivity index (χ0n) is 11.4. The average Bonchev–Trinajstić information content (AvgIpc) is 2.50. The van der Waals surface area contributed by atoms with Crippen molar-refractivity contribution in [1.29, 1.82) is 0 Å². The number of halogens is 1. The topological polar surface area (TPSA) is 64.6 Å². The standard InChI is InChI=1S/C15H14BrNO4/c1-20-15(19)8-17-14(18)9-21-13-5-3-10-6-12(16)4-2-11(10)7-13/h2-7H,8-9H2,1H3,(H,17,18). The van der Waals surface area contributed by atoms with E-state index < -0.39 is 5.97 Å². The molecule has 0 aliphatic carbocycles. The first kappa shape index (κ1) is 15.3. The average molecular weight is 352 g/mol. The van der Waals surface area contributed by atoms with Gasteiger partial charge in [0, 0.05) is 4.47 Å². The van der Waals surface area contributed by atoms with Crippen LogP contribution in [-0.4, -0.2) is 32.1 Å². The maximum Gasteiger partial charge on any atom is 0.325 e. The first-order chi connectivity index (χ1) is 10.1. The van der Waals surface area contributed by atoms with E-state index in [-0.39, 0.29) is 19.1 Å². The SMILES string of the molecule is COC(=O)CNC(=O)COc1ccc2cc(Br)ccc2c1. The zero-order chi connectivity index (χ0) is 15.2. The van der Waals surface area contributed by atoms with E-state index in [1.54, 1.807) is 6.07 Å². The fourth-order valence-corrected chi connectivity index (χ4v) is 2.11. The summed E-state index contributed by atoms with van der Waals surface area (Å²) in [6, 6.07) is 11.5. The predicted octanol–water partition coefficient (Wildman–Crippen LogP) is 2.27. The molecular weight excluding hydrogens is 338 g/mol. The van der Waals surface area contributed by atoms with Gasteiger partial charge in [-0.05, 0) is 35.0 Å². The van der Waals surface area contributed by atoms with Crippen molar-refractivity contribution in [2.45, 2.75) is 0 Å². The molecule has 2 rings (SSSR count). The molecule has 2 aromatic rings. The highest BCUT2D eigenvalue weighted by molar-refractivity contribution is 9.10. The van der Waals surface area contributed by atoms with Gasteiger partial charge in [-0.1, -0.05) is 28.1 Å². The van der Waals surface area contributed by atoms with E-state index >= 15 is 0 Å². The summed E-state index contributed by atoms with van der Waals surface area (Å²) in [7, 11) is 1.26. The summed E-state index contributed by atoms with van der Waals surface area (Å²) >= 11 is 3.41. The molecule has 0 atom stereocenters. The third-order valence-corrected chi connectivity index (χ3v) is 3.29. The number of amides is 1. The Morgan fingerprint density at radius 2 is 1.86 bits per heavy atom. The van der Waals surface area contributed by atoms with Crippen molar-refractivity contribution in [2.75, 3.05) is 20.3 Å². The summed E-state index contributed by atoms with van der Waals surface area (Å²) in [5.74, 6) is -0.283. The maximum absolute atomic E-state index is 11.5. The minimum absolute atomic E-state index is 0.154. The van der Waals surface area contributed by atoms with E-state index in [1.165, 1.54) is 7.11 Å². The molecule has 0 saturated carbocycles. The van der Waals surface area contributed by atoms with Gasteiger partial charge in [0.1, 0.15) is 12.3 Å². The lowest BCUT2D eigenvalue weighted by Crippen LogP contribution is -2.33. The van der Waals surface area contributed by atoms with Crippen molar-refractivity contribution >= 4 is 38.6 Å². The number of benzene rings is 2. The Labute approximate surface area is 130 Å². The summed E-state index contributed by atoms with van der Waals surface area (Å²) in [6.45, 7) is -0.316. The van der Waals surface area contributed by atoms with Crippen molar-refractivity contribution in [3.8, 4) is 5.75 Å². The lowest BCUT2D eigenvalue weighted by molar-refractivity contribution is -0.141. The second-order valence-electron chi connectivity index (χ2n) is 4.29. The van der Waals surface area contributed by atoms with Crippen LogP contribution in [0.5, 0.6) is 5.75 Å². The second kappa shape index (κ2) is 7.08. The smallest absolute Gasteiger partial charge is 0.325 e. The van der Waals surface area contributed by atoms with Crippen LogP contribution in [0.4, 0.5) is 0 Å². The van der Waals surface area contributed by atoms with E-state index in [0.717, 1.165) is 15.2 Å². The van der Waals surface area contributed by atoms with Gasteiger partial charge in [0.05, 0.1) is 7.11 Å². The second-order valence-corrected chi connectivity index (χ2v) is 5.21. The molecule has 0 aliphatic rings. The van der Waals surface area contributed by atoms with Crippen LogP contribution in [0.25, 0.3) is 10.8 Å². The highest BCUT2D eigenvalue weighted by atomic mass is 79.9. The quantitative estimate of drug-likeness (QED) is 0.839. The largest absolute Gasteiger partial charge is 0.484 e. The Bertz CT molecular complexity index is 672. The van der Waals surface area contributed by atoms with Gasteiger partial charge in [-0.2, -0.15) is 0 Å². The zero-order valence-corrected chi connectivity index (χ0v) is 13.0. The number of methoxy groups -OCH3 is 1. The van der Waals surface area contributed by atoms with E-state index in [4.69, 9.17) is 4.74 Å². The molecule has 6 heteroatoms. The summed E-state index contributed by atoms with van der Waals surface area (Å²) in [6.07, 6.45) is 0. The van der Waals surface area contributed by atoms with E-state index in [9.17, 15) is 9.59 Å². The Kier molecular flexibility index (Phi) is 5.16. The number of nitrogens with one attached hydrogen (secondary N) is 1. The molecule has 1 amide bonds. The van der Waals surface area contributed by atoms with Gasteiger partial charge in [-0.15, -0.1) is 0 Å². The molecule has 0 heterocycles. The van der Waals surface area contributed by atoms with Gasteiger partial charge >= 0.3 is 5.97 Å². The van der Waals surface area contributed by atoms with Crippen molar-refractivity contribution < 1.29 is 19.1 Å². The Balaban J connectivity index is 1.92. The van der Waals surface area contributed by atoms with Crippen LogP contribution in [0.2, 0.25) is 0 Å². The lowest BCUT2D eigenvalue weighted by atomic mass is 10.1.